The molecule has 0 N–H and O–H groups in total. The van der Waals surface area contributed by atoms with Crippen LogP contribution in [0.4, 0.5) is 5.69 Å². The molecule has 1 atom stereocenters. The Labute approximate surface area is 244 Å². The lowest BCUT2D eigenvalue weighted by Gasteiger charge is -2.27. The van der Waals surface area contributed by atoms with E-state index in [4.69, 9.17) is 26.1 Å². The van der Waals surface area contributed by atoms with Crippen molar-refractivity contribution in [2.45, 2.75) is 13.0 Å². The molecule has 0 aliphatic carbocycles. The average Bonchev–Trinajstić information content (AvgIpc) is 3.44. The fourth-order valence-corrected chi connectivity index (χ4v) is 6.56. The second-order valence-corrected chi connectivity index (χ2v) is 10.8. The number of anilines is 1. The van der Waals surface area contributed by atoms with Gasteiger partial charge in [0.05, 0.1) is 36.2 Å². The van der Waals surface area contributed by atoms with Crippen LogP contribution in [0, 0.1) is 0 Å². The van der Waals surface area contributed by atoms with E-state index in [0.717, 1.165) is 11.3 Å². The normalized spacial score (nSPS) is 17.2. The number of methoxy groups -OCH3 is 1. The lowest BCUT2D eigenvalue weighted by atomic mass is 9.92. The Kier molecular flexibility index (Phi) is 6.84. The van der Waals surface area contributed by atoms with Crippen molar-refractivity contribution in [3.05, 3.63) is 120 Å². The largest absolute Gasteiger partial charge is 0.496 e. The highest BCUT2D eigenvalue weighted by atomic mass is 35.5. The van der Waals surface area contributed by atoms with E-state index in [1.54, 1.807) is 32.2 Å². The number of carbonyl (C=O) groups excluding carboxylic acids is 2. The molecule has 8 nitrogen and oxygen atoms in total. The number of hydrogen-bond acceptors (Lipinski definition) is 7. The van der Waals surface area contributed by atoms with Crippen molar-refractivity contribution in [1.82, 2.24) is 4.57 Å². The summed E-state index contributed by atoms with van der Waals surface area (Å²) < 4.78 is 12.9. The van der Waals surface area contributed by atoms with Gasteiger partial charge in [0.25, 0.3) is 11.5 Å². The van der Waals surface area contributed by atoms with Crippen molar-refractivity contribution in [3.63, 3.8) is 0 Å². The molecule has 3 heterocycles. The lowest BCUT2D eigenvalue weighted by molar-refractivity contribution is -0.138. The Morgan fingerprint density at radius 2 is 1.78 bits per heavy atom. The first-order valence-electron chi connectivity index (χ1n) is 12.9. The number of carbonyl (C=O) groups is 2. The number of fused-ring (bicyclic) bond motifs is 2. The second kappa shape index (κ2) is 10.5. The molecule has 3 aromatic carbocycles. The van der Waals surface area contributed by atoms with E-state index in [2.05, 4.69) is 0 Å². The predicted octanol–water partition coefficient (Wildman–Crippen LogP) is 3.94. The Bertz CT molecular complexity index is 1940. The smallest absolute Gasteiger partial charge is 0.338 e. The van der Waals surface area contributed by atoms with Crippen molar-refractivity contribution < 1.29 is 19.1 Å². The fourth-order valence-electron chi connectivity index (χ4n) is 5.29. The maximum absolute atomic E-state index is 14.4. The summed E-state index contributed by atoms with van der Waals surface area (Å²) >= 11 is 7.56. The van der Waals surface area contributed by atoms with Crippen molar-refractivity contribution >= 4 is 51.8 Å². The Balaban J connectivity index is 1.76. The molecule has 1 aromatic heterocycles. The summed E-state index contributed by atoms with van der Waals surface area (Å²) in [6.45, 7) is 1.84. The van der Waals surface area contributed by atoms with E-state index >= 15 is 0 Å². The van der Waals surface area contributed by atoms with Gasteiger partial charge in [-0.2, -0.15) is 0 Å². The van der Waals surface area contributed by atoms with Gasteiger partial charge in [-0.3, -0.25) is 14.2 Å². The van der Waals surface area contributed by atoms with E-state index in [0.29, 0.717) is 49.2 Å². The Hall–Kier alpha value is -4.47. The molecular weight excluding hydrogens is 562 g/mol. The minimum absolute atomic E-state index is 0.121. The number of halogens is 1. The van der Waals surface area contributed by atoms with Crippen LogP contribution < -0.4 is 24.5 Å². The summed E-state index contributed by atoms with van der Waals surface area (Å²) in [5.74, 6) is -0.487. The Morgan fingerprint density at radius 3 is 2.51 bits per heavy atom. The molecule has 0 saturated heterocycles. The maximum atomic E-state index is 14.4. The third-order valence-electron chi connectivity index (χ3n) is 7.12. The minimum atomic E-state index is -0.993. The quantitative estimate of drug-likeness (QED) is 0.331. The molecule has 4 aromatic rings. The molecule has 0 saturated carbocycles. The van der Waals surface area contributed by atoms with E-state index < -0.39 is 17.6 Å². The zero-order chi connectivity index (χ0) is 28.8. The first kappa shape index (κ1) is 26.7. The molecule has 0 bridgehead atoms. The van der Waals surface area contributed by atoms with Crippen LogP contribution in [0.15, 0.2) is 88.2 Å². The average molecular weight is 586 g/mol. The van der Waals surface area contributed by atoms with Crippen molar-refractivity contribution in [2.24, 2.45) is 4.99 Å². The summed E-state index contributed by atoms with van der Waals surface area (Å²) in [4.78, 5) is 48.2. The van der Waals surface area contributed by atoms with E-state index in [1.165, 1.54) is 16.6 Å². The van der Waals surface area contributed by atoms with Crippen molar-refractivity contribution in [1.29, 1.82) is 0 Å². The molecule has 2 aliphatic heterocycles. The molecule has 6 rings (SSSR count). The number of nitrogens with zero attached hydrogens (tertiary/aromatic N) is 3. The number of ether oxygens (including phenoxy) is 2. The van der Waals surface area contributed by atoms with Crippen LogP contribution in [0.1, 0.15) is 29.7 Å². The summed E-state index contributed by atoms with van der Waals surface area (Å²) in [5, 5.41) is 0.397. The number of rotatable bonds is 5. The molecule has 0 fully saturated rings. The SMILES string of the molecule is CCOC(=O)C1=C(c2ccccc2)N=c2s/c(=C3/C(=O)N(C)c4ccccc43)c(=O)n2[C@@H]1c1cc(Cl)ccc1OC. The van der Waals surface area contributed by atoms with Gasteiger partial charge in [-0.1, -0.05) is 71.5 Å². The highest BCUT2D eigenvalue weighted by molar-refractivity contribution is 7.07. The molecule has 0 spiro atoms. The molecule has 0 radical (unpaired) electrons. The highest BCUT2D eigenvalue weighted by Crippen LogP contribution is 2.40. The number of esters is 1. The van der Waals surface area contributed by atoms with Crippen LogP contribution in [0.3, 0.4) is 0 Å². The third-order valence-corrected chi connectivity index (χ3v) is 8.40. The number of aromatic nitrogens is 1. The molecular formula is C31H24ClN3O5S. The molecule has 1 amide bonds. The van der Waals surface area contributed by atoms with Gasteiger partial charge in [0.1, 0.15) is 16.3 Å². The third kappa shape index (κ3) is 4.29. The summed E-state index contributed by atoms with van der Waals surface area (Å²) in [6, 6.07) is 20.6. The van der Waals surface area contributed by atoms with Gasteiger partial charge in [0.15, 0.2) is 4.80 Å². The fraction of sp³-hybridized carbons (Fsp3) is 0.161. The first-order valence-corrected chi connectivity index (χ1v) is 14.1. The number of thiazole rings is 1. The van der Waals surface area contributed by atoms with E-state index in [1.807, 2.05) is 54.6 Å². The van der Waals surface area contributed by atoms with Crippen LogP contribution in [-0.4, -0.2) is 37.2 Å². The van der Waals surface area contributed by atoms with Crippen molar-refractivity contribution in [3.8, 4) is 5.75 Å². The van der Waals surface area contributed by atoms with Gasteiger partial charge in [-0.05, 0) is 31.2 Å². The predicted molar refractivity (Wildman–Crippen MR) is 158 cm³/mol. The van der Waals surface area contributed by atoms with Gasteiger partial charge in [-0.25, -0.2) is 9.79 Å². The van der Waals surface area contributed by atoms with E-state index in [9.17, 15) is 14.4 Å². The number of amides is 1. The highest BCUT2D eigenvalue weighted by Gasteiger charge is 2.38. The summed E-state index contributed by atoms with van der Waals surface area (Å²) in [5.41, 5.74) is 2.90. The van der Waals surface area contributed by atoms with Crippen LogP contribution in [-0.2, 0) is 14.3 Å². The van der Waals surface area contributed by atoms with Crippen molar-refractivity contribution in [2.75, 3.05) is 25.7 Å². The molecule has 2 aliphatic rings. The number of para-hydroxylation sites is 1. The minimum Gasteiger partial charge on any atom is -0.496 e. The number of likely N-dealkylation sites (N-methyl/N-ethyl adjacent to an activating group) is 1. The number of hydrogen-bond donors (Lipinski definition) is 0. The number of benzene rings is 3. The monoisotopic (exact) mass is 585 g/mol. The molecule has 0 unspecified atom stereocenters. The van der Waals surface area contributed by atoms with Gasteiger partial charge in [-0.15, -0.1) is 0 Å². The maximum Gasteiger partial charge on any atom is 0.338 e. The first-order chi connectivity index (χ1) is 19.8. The molecule has 10 heteroatoms. The van der Waals surface area contributed by atoms with Crippen LogP contribution in [0.2, 0.25) is 5.02 Å². The van der Waals surface area contributed by atoms with Gasteiger partial charge in [0.2, 0.25) is 0 Å². The zero-order valence-electron chi connectivity index (χ0n) is 22.4. The van der Waals surface area contributed by atoms with Crippen LogP contribution >= 0.6 is 22.9 Å². The van der Waals surface area contributed by atoms with Gasteiger partial charge in [0, 0.05) is 28.8 Å². The molecule has 41 heavy (non-hydrogen) atoms. The zero-order valence-corrected chi connectivity index (χ0v) is 24.0. The van der Waals surface area contributed by atoms with Gasteiger partial charge >= 0.3 is 5.97 Å². The summed E-state index contributed by atoms with van der Waals surface area (Å²) in [7, 11) is 3.19. The summed E-state index contributed by atoms with van der Waals surface area (Å²) in [6.07, 6.45) is 0. The van der Waals surface area contributed by atoms with Crippen LogP contribution in [0.25, 0.3) is 11.3 Å². The lowest BCUT2D eigenvalue weighted by Crippen LogP contribution is -2.41. The van der Waals surface area contributed by atoms with Gasteiger partial charge < -0.3 is 14.4 Å². The van der Waals surface area contributed by atoms with Crippen LogP contribution in [0.5, 0.6) is 5.75 Å². The second-order valence-electron chi connectivity index (χ2n) is 9.39. The van der Waals surface area contributed by atoms with E-state index in [-0.39, 0.29) is 22.6 Å². The Morgan fingerprint density at radius 1 is 1.05 bits per heavy atom. The standard InChI is InChI=1S/C31H24ClN3O5S/c1-4-40-30(38)24-25(17-10-6-5-7-11-17)33-31-35(26(24)20-16-18(32)14-15-22(20)39-3)29(37)27(41-31)23-19-12-8-9-13-21(19)34(2)28(23)36/h5-16,26H,4H2,1-3H3/b27-23+/t26-/m1/s1. The topological polar surface area (TPSA) is 90.2 Å². The molecule has 206 valence electrons.